The van der Waals surface area contributed by atoms with Gasteiger partial charge in [-0.25, -0.2) is 4.79 Å². The standard InChI is InChI=1S/C21H23NO4/c1-3-25-19(23)10-6-7-15-11-14(2)12-18-21(15,13-22)20(24)16-8-4-5-9-17(16)26-18/h4-6,8-11,15,18,20,24H,3,7,12H2,1-2H3/b10-6+/t15-,18-,20-,21+/m0/s1. The number of aliphatic hydroxyl groups excluding tert-OH is 1. The van der Waals surface area contributed by atoms with Crippen LogP contribution in [0.1, 0.15) is 38.4 Å². The number of rotatable bonds is 4. The number of carbonyl (C=O) groups is 1. The minimum absolute atomic E-state index is 0.264. The summed E-state index contributed by atoms with van der Waals surface area (Å²) in [5.74, 6) is -0.0379. The summed E-state index contributed by atoms with van der Waals surface area (Å²) < 4.78 is 11.0. The van der Waals surface area contributed by atoms with Gasteiger partial charge >= 0.3 is 5.97 Å². The smallest absolute Gasteiger partial charge is 0.330 e. The van der Waals surface area contributed by atoms with Gasteiger partial charge in [0.05, 0.1) is 12.7 Å². The fourth-order valence-electron chi connectivity index (χ4n) is 3.97. The van der Waals surface area contributed by atoms with Gasteiger partial charge in [0.1, 0.15) is 23.4 Å². The van der Waals surface area contributed by atoms with Gasteiger partial charge in [-0.1, -0.05) is 35.9 Å². The minimum Gasteiger partial charge on any atom is -0.488 e. The number of aliphatic hydroxyl groups is 1. The molecule has 1 N–H and O–H groups in total. The summed E-state index contributed by atoms with van der Waals surface area (Å²) in [6, 6.07) is 9.68. The SMILES string of the molecule is CCOC(=O)/C=C/C[C@H]1C=C(C)C[C@@H]2Oc3ccccc3[C@H](O)[C@]12C#N. The fraction of sp³-hybridized carbons (Fsp3) is 0.429. The topological polar surface area (TPSA) is 79.6 Å². The Kier molecular flexibility index (Phi) is 5.15. The van der Waals surface area contributed by atoms with E-state index in [0.29, 0.717) is 30.8 Å². The van der Waals surface area contributed by atoms with Gasteiger partial charge in [0, 0.05) is 24.0 Å². The second-order valence-corrected chi connectivity index (χ2v) is 6.81. The molecule has 1 aromatic carbocycles. The molecule has 1 aromatic rings. The zero-order valence-electron chi connectivity index (χ0n) is 15.0. The second kappa shape index (κ2) is 7.35. The molecule has 0 amide bonds. The third-order valence-electron chi connectivity index (χ3n) is 5.20. The highest BCUT2D eigenvalue weighted by molar-refractivity contribution is 5.81. The molecule has 0 unspecified atom stereocenters. The van der Waals surface area contributed by atoms with E-state index in [1.54, 1.807) is 19.1 Å². The van der Waals surface area contributed by atoms with Crippen molar-refractivity contribution in [3.8, 4) is 11.8 Å². The number of hydrogen-bond donors (Lipinski definition) is 1. The first-order valence-electron chi connectivity index (χ1n) is 8.88. The molecule has 2 aliphatic rings. The number of ether oxygens (including phenoxy) is 2. The van der Waals surface area contributed by atoms with Crippen molar-refractivity contribution in [3.05, 3.63) is 53.6 Å². The lowest BCUT2D eigenvalue weighted by atomic mass is 9.60. The second-order valence-electron chi connectivity index (χ2n) is 6.81. The largest absolute Gasteiger partial charge is 0.488 e. The molecule has 136 valence electrons. The van der Waals surface area contributed by atoms with E-state index in [1.807, 2.05) is 31.2 Å². The number of nitriles is 1. The Balaban J connectivity index is 1.95. The Morgan fingerprint density at radius 1 is 1.50 bits per heavy atom. The van der Waals surface area contributed by atoms with Gasteiger partial charge < -0.3 is 14.6 Å². The van der Waals surface area contributed by atoms with E-state index in [2.05, 4.69) is 6.07 Å². The molecule has 26 heavy (non-hydrogen) atoms. The van der Waals surface area contributed by atoms with Crippen molar-refractivity contribution in [2.75, 3.05) is 6.61 Å². The van der Waals surface area contributed by atoms with Crippen LogP contribution in [-0.4, -0.2) is 23.8 Å². The highest BCUT2D eigenvalue weighted by atomic mass is 16.5. The minimum atomic E-state index is -1.09. The molecule has 3 rings (SSSR count). The maximum Gasteiger partial charge on any atom is 0.330 e. The molecule has 5 nitrogen and oxygen atoms in total. The zero-order chi connectivity index (χ0) is 18.7. The van der Waals surface area contributed by atoms with Crippen molar-refractivity contribution in [3.63, 3.8) is 0 Å². The van der Waals surface area contributed by atoms with Gasteiger partial charge in [0.25, 0.3) is 0 Å². The predicted octanol–water partition coefficient (Wildman–Crippen LogP) is 3.47. The molecular weight excluding hydrogens is 330 g/mol. The molecule has 0 fully saturated rings. The number of fused-ring (bicyclic) bond motifs is 2. The fourth-order valence-corrected chi connectivity index (χ4v) is 3.97. The number of allylic oxidation sites excluding steroid dienone is 2. The number of esters is 1. The maximum absolute atomic E-state index is 11.5. The van der Waals surface area contributed by atoms with E-state index in [1.165, 1.54) is 6.08 Å². The summed E-state index contributed by atoms with van der Waals surface area (Å²) in [6.07, 6.45) is 4.78. The van der Waals surface area contributed by atoms with Crippen LogP contribution < -0.4 is 4.74 Å². The van der Waals surface area contributed by atoms with Gasteiger partial charge in [-0.2, -0.15) is 5.26 Å². The van der Waals surface area contributed by atoms with E-state index >= 15 is 0 Å². The van der Waals surface area contributed by atoms with Crippen molar-refractivity contribution in [2.45, 2.75) is 38.9 Å². The van der Waals surface area contributed by atoms with Crippen molar-refractivity contribution in [2.24, 2.45) is 11.3 Å². The van der Waals surface area contributed by atoms with Crippen LogP contribution in [0.2, 0.25) is 0 Å². The summed E-state index contributed by atoms with van der Waals surface area (Å²) in [6.45, 7) is 4.07. The van der Waals surface area contributed by atoms with Gasteiger partial charge in [0.15, 0.2) is 0 Å². The molecule has 0 radical (unpaired) electrons. The molecule has 0 saturated carbocycles. The van der Waals surface area contributed by atoms with Gasteiger partial charge in [-0.15, -0.1) is 0 Å². The highest BCUT2D eigenvalue weighted by Gasteiger charge is 2.57. The number of para-hydroxylation sites is 1. The number of hydrogen-bond acceptors (Lipinski definition) is 5. The van der Waals surface area contributed by atoms with Crippen LogP contribution in [0.25, 0.3) is 0 Å². The molecule has 0 bridgehead atoms. The van der Waals surface area contributed by atoms with Crippen LogP contribution in [-0.2, 0) is 9.53 Å². The molecular formula is C21H23NO4. The van der Waals surface area contributed by atoms with E-state index in [-0.39, 0.29) is 5.92 Å². The third-order valence-corrected chi connectivity index (χ3v) is 5.20. The van der Waals surface area contributed by atoms with Crippen LogP contribution in [0.4, 0.5) is 0 Å². The molecule has 1 heterocycles. The Bertz CT molecular complexity index is 791. The first-order chi connectivity index (χ1) is 12.5. The average molecular weight is 353 g/mol. The van der Waals surface area contributed by atoms with E-state index in [4.69, 9.17) is 9.47 Å². The van der Waals surface area contributed by atoms with Crippen LogP contribution in [0, 0.1) is 22.7 Å². The maximum atomic E-state index is 11.5. The van der Waals surface area contributed by atoms with Gasteiger partial charge in [-0.3, -0.25) is 0 Å². The summed E-state index contributed by atoms with van der Waals surface area (Å²) in [7, 11) is 0. The lowest BCUT2D eigenvalue weighted by molar-refractivity contribution is -0.137. The molecule has 0 aromatic heterocycles. The Labute approximate surface area is 153 Å². The zero-order valence-corrected chi connectivity index (χ0v) is 15.0. The summed E-state index contributed by atoms with van der Waals surface area (Å²) in [5.41, 5.74) is 0.659. The van der Waals surface area contributed by atoms with Crippen molar-refractivity contribution >= 4 is 5.97 Å². The van der Waals surface area contributed by atoms with E-state index in [9.17, 15) is 15.2 Å². The molecule has 5 heteroatoms. The monoisotopic (exact) mass is 353 g/mol. The Morgan fingerprint density at radius 3 is 3.00 bits per heavy atom. The molecule has 1 aliphatic carbocycles. The first-order valence-corrected chi connectivity index (χ1v) is 8.88. The normalized spacial score (nSPS) is 29.8. The molecule has 1 aliphatic heterocycles. The van der Waals surface area contributed by atoms with Crippen molar-refractivity contribution in [1.82, 2.24) is 0 Å². The van der Waals surface area contributed by atoms with Gasteiger partial charge in [0.2, 0.25) is 0 Å². The average Bonchev–Trinajstić information content (AvgIpc) is 2.62. The van der Waals surface area contributed by atoms with Crippen LogP contribution in [0.15, 0.2) is 48.1 Å². The Morgan fingerprint density at radius 2 is 2.27 bits per heavy atom. The summed E-state index contributed by atoms with van der Waals surface area (Å²) >= 11 is 0. The lowest BCUT2D eigenvalue weighted by Gasteiger charge is -2.49. The van der Waals surface area contributed by atoms with Crippen LogP contribution >= 0.6 is 0 Å². The first kappa shape index (κ1) is 18.2. The lowest BCUT2D eigenvalue weighted by Crippen LogP contribution is -2.52. The molecule has 0 spiro atoms. The van der Waals surface area contributed by atoms with Crippen LogP contribution in [0.5, 0.6) is 5.75 Å². The highest BCUT2D eigenvalue weighted by Crippen LogP contribution is 2.55. The molecule has 0 saturated heterocycles. The van der Waals surface area contributed by atoms with Crippen molar-refractivity contribution in [1.29, 1.82) is 5.26 Å². The summed E-state index contributed by atoms with van der Waals surface area (Å²) in [5, 5.41) is 21.2. The number of benzene rings is 1. The number of carbonyl (C=O) groups excluding carboxylic acids is 1. The van der Waals surface area contributed by atoms with E-state index < -0.39 is 23.6 Å². The quantitative estimate of drug-likeness (QED) is 0.509. The van der Waals surface area contributed by atoms with Gasteiger partial charge in [-0.05, 0) is 26.3 Å². The van der Waals surface area contributed by atoms with Crippen molar-refractivity contribution < 1.29 is 19.4 Å². The summed E-state index contributed by atoms with van der Waals surface area (Å²) in [4.78, 5) is 11.5. The predicted molar refractivity (Wildman–Crippen MR) is 96.1 cm³/mol. The third kappa shape index (κ3) is 3.02. The Hall–Kier alpha value is -2.58. The molecule has 4 atom stereocenters. The number of nitrogens with zero attached hydrogens (tertiary/aromatic N) is 1. The van der Waals surface area contributed by atoms with E-state index in [0.717, 1.165) is 5.57 Å². The van der Waals surface area contributed by atoms with Crippen LogP contribution in [0.3, 0.4) is 0 Å².